The lowest BCUT2D eigenvalue weighted by Gasteiger charge is -2.27. The molecular formula is C12H22N4. The number of hydrogen-bond acceptors (Lipinski definition) is 3. The second kappa shape index (κ2) is 6.01. The van der Waals surface area contributed by atoms with Crippen molar-refractivity contribution in [3.8, 4) is 0 Å². The van der Waals surface area contributed by atoms with Crippen LogP contribution in [0.5, 0.6) is 0 Å². The zero-order valence-corrected chi connectivity index (χ0v) is 10.1. The van der Waals surface area contributed by atoms with Gasteiger partial charge in [0.2, 0.25) is 0 Å². The minimum absolute atomic E-state index is 0.835. The first-order valence-electron chi connectivity index (χ1n) is 6.19. The summed E-state index contributed by atoms with van der Waals surface area (Å²) in [5.74, 6) is 0.835. The topological polar surface area (TPSA) is 33.1 Å². The minimum atomic E-state index is 0.835. The van der Waals surface area contributed by atoms with Gasteiger partial charge < -0.3 is 14.8 Å². The first-order valence-corrected chi connectivity index (χ1v) is 6.19. The normalized spacial score (nSPS) is 21.5. The number of nitrogens with zero attached hydrogens (tertiary/aromatic N) is 3. The average Bonchev–Trinajstić information content (AvgIpc) is 2.81. The van der Waals surface area contributed by atoms with Gasteiger partial charge >= 0.3 is 0 Å². The van der Waals surface area contributed by atoms with Gasteiger partial charge in [0.1, 0.15) is 0 Å². The predicted molar refractivity (Wildman–Crippen MR) is 65.3 cm³/mol. The van der Waals surface area contributed by atoms with Crippen molar-refractivity contribution in [2.75, 3.05) is 33.2 Å². The highest BCUT2D eigenvalue weighted by molar-refractivity contribution is 4.75. The van der Waals surface area contributed by atoms with Crippen molar-refractivity contribution < 1.29 is 0 Å². The maximum Gasteiger partial charge on any atom is 0.0946 e. The van der Waals surface area contributed by atoms with E-state index in [-0.39, 0.29) is 0 Å². The van der Waals surface area contributed by atoms with Gasteiger partial charge in [0.15, 0.2) is 0 Å². The van der Waals surface area contributed by atoms with E-state index in [4.69, 9.17) is 0 Å². The van der Waals surface area contributed by atoms with Crippen LogP contribution in [0, 0.1) is 5.92 Å². The van der Waals surface area contributed by atoms with E-state index >= 15 is 0 Å². The van der Waals surface area contributed by atoms with Crippen molar-refractivity contribution in [3.05, 3.63) is 18.7 Å². The SMILES string of the molecule is CN(CCn1ccnc1)CC1CCCNC1. The van der Waals surface area contributed by atoms with Crippen LogP contribution < -0.4 is 5.32 Å². The van der Waals surface area contributed by atoms with Crippen LogP contribution in [-0.2, 0) is 6.54 Å². The Morgan fingerprint density at radius 1 is 1.56 bits per heavy atom. The fourth-order valence-electron chi connectivity index (χ4n) is 2.32. The van der Waals surface area contributed by atoms with Crippen LogP contribution in [0.3, 0.4) is 0 Å². The number of imidazole rings is 1. The van der Waals surface area contributed by atoms with Crippen molar-refractivity contribution in [2.24, 2.45) is 5.92 Å². The second-order valence-electron chi connectivity index (χ2n) is 4.78. The molecule has 0 amide bonds. The summed E-state index contributed by atoms with van der Waals surface area (Å²) in [6.07, 6.45) is 8.46. The zero-order chi connectivity index (χ0) is 11.2. The van der Waals surface area contributed by atoms with Gasteiger partial charge in [-0.05, 0) is 38.9 Å². The number of likely N-dealkylation sites (N-methyl/N-ethyl adjacent to an activating group) is 1. The van der Waals surface area contributed by atoms with Crippen molar-refractivity contribution in [1.82, 2.24) is 19.8 Å². The molecule has 1 atom stereocenters. The van der Waals surface area contributed by atoms with Gasteiger partial charge in [0.25, 0.3) is 0 Å². The molecule has 90 valence electrons. The first kappa shape index (κ1) is 11.6. The smallest absolute Gasteiger partial charge is 0.0946 e. The molecule has 1 N–H and O–H groups in total. The van der Waals surface area contributed by atoms with Gasteiger partial charge in [-0.25, -0.2) is 4.98 Å². The van der Waals surface area contributed by atoms with Gasteiger partial charge in [-0.1, -0.05) is 0 Å². The maximum atomic E-state index is 4.05. The van der Waals surface area contributed by atoms with Gasteiger partial charge in [-0.2, -0.15) is 0 Å². The Labute approximate surface area is 97.7 Å². The Morgan fingerprint density at radius 3 is 3.19 bits per heavy atom. The fraction of sp³-hybridized carbons (Fsp3) is 0.750. The second-order valence-corrected chi connectivity index (χ2v) is 4.78. The summed E-state index contributed by atoms with van der Waals surface area (Å²) >= 11 is 0. The molecule has 0 spiro atoms. The summed E-state index contributed by atoms with van der Waals surface area (Å²) in [7, 11) is 2.21. The van der Waals surface area contributed by atoms with E-state index in [9.17, 15) is 0 Å². The third kappa shape index (κ3) is 3.61. The first-order chi connectivity index (χ1) is 7.84. The lowest BCUT2D eigenvalue weighted by molar-refractivity contribution is 0.237. The summed E-state index contributed by atoms with van der Waals surface area (Å²) in [5, 5.41) is 3.47. The summed E-state index contributed by atoms with van der Waals surface area (Å²) in [6, 6.07) is 0. The highest BCUT2D eigenvalue weighted by Gasteiger charge is 2.14. The average molecular weight is 222 g/mol. The van der Waals surface area contributed by atoms with Gasteiger partial charge in [0.05, 0.1) is 6.33 Å². The van der Waals surface area contributed by atoms with Crippen LogP contribution in [0.4, 0.5) is 0 Å². The van der Waals surface area contributed by atoms with Crippen LogP contribution in [0.25, 0.3) is 0 Å². The monoisotopic (exact) mass is 222 g/mol. The molecule has 1 aliphatic rings. The fourth-order valence-corrected chi connectivity index (χ4v) is 2.32. The minimum Gasteiger partial charge on any atom is -0.336 e. The summed E-state index contributed by atoms with van der Waals surface area (Å²) in [4.78, 5) is 6.48. The molecule has 0 aromatic carbocycles. The quantitative estimate of drug-likeness (QED) is 0.800. The van der Waals surface area contributed by atoms with Crippen LogP contribution >= 0.6 is 0 Å². The molecule has 0 saturated carbocycles. The highest BCUT2D eigenvalue weighted by Crippen LogP contribution is 2.10. The molecule has 1 aromatic heterocycles. The Morgan fingerprint density at radius 2 is 2.50 bits per heavy atom. The van der Waals surface area contributed by atoms with E-state index in [1.807, 2.05) is 18.7 Å². The van der Waals surface area contributed by atoms with Crippen LogP contribution in [0.15, 0.2) is 18.7 Å². The van der Waals surface area contributed by atoms with E-state index < -0.39 is 0 Å². The van der Waals surface area contributed by atoms with Crippen LogP contribution in [0.1, 0.15) is 12.8 Å². The van der Waals surface area contributed by atoms with Crippen molar-refractivity contribution in [1.29, 1.82) is 0 Å². The molecule has 1 aromatic rings. The van der Waals surface area contributed by atoms with E-state index in [1.54, 1.807) is 0 Å². The molecule has 1 saturated heterocycles. The number of aromatic nitrogens is 2. The third-order valence-corrected chi connectivity index (χ3v) is 3.27. The van der Waals surface area contributed by atoms with Gasteiger partial charge in [0, 0.05) is 32.0 Å². The summed E-state index contributed by atoms with van der Waals surface area (Å²) < 4.78 is 2.13. The molecule has 4 heteroatoms. The summed E-state index contributed by atoms with van der Waals surface area (Å²) in [5.41, 5.74) is 0. The highest BCUT2D eigenvalue weighted by atomic mass is 15.1. The van der Waals surface area contributed by atoms with Gasteiger partial charge in [-0.3, -0.25) is 0 Å². The van der Waals surface area contributed by atoms with Crippen molar-refractivity contribution in [2.45, 2.75) is 19.4 Å². The van der Waals surface area contributed by atoms with E-state index in [2.05, 4.69) is 26.8 Å². The molecule has 16 heavy (non-hydrogen) atoms. The van der Waals surface area contributed by atoms with Crippen molar-refractivity contribution >= 4 is 0 Å². The summed E-state index contributed by atoms with van der Waals surface area (Å²) in [6.45, 7) is 5.75. The lowest BCUT2D eigenvalue weighted by Crippen LogP contribution is -2.37. The van der Waals surface area contributed by atoms with E-state index in [1.165, 1.54) is 32.5 Å². The lowest BCUT2D eigenvalue weighted by atomic mass is 9.99. The van der Waals surface area contributed by atoms with Gasteiger partial charge in [-0.15, -0.1) is 0 Å². The Kier molecular flexibility index (Phi) is 4.36. The predicted octanol–water partition coefficient (Wildman–Crippen LogP) is 0.815. The molecule has 1 aliphatic heterocycles. The molecule has 0 bridgehead atoms. The third-order valence-electron chi connectivity index (χ3n) is 3.27. The van der Waals surface area contributed by atoms with Crippen molar-refractivity contribution in [3.63, 3.8) is 0 Å². The zero-order valence-electron chi connectivity index (χ0n) is 10.1. The van der Waals surface area contributed by atoms with E-state index in [0.717, 1.165) is 19.0 Å². The molecule has 4 nitrogen and oxygen atoms in total. The molecule has 1 fully saturated rings. The molecule has 2 rings (SSSR count). The number of rotatable bonds is 5. The number of piperidine rings is 1. The molecular weight excluding hydrogens is 200 g/mol. The number of nitrogens with one attached hydrogen (secondary N) is 1. The Balaban J connectivity index is 1.65. The standard InChI is InChI=1S/C12H22N4/c1-15(7-8-16-6-5-14-11-16)10-12-3-2-4-13-9-12/h5-6,11-13H,2-4,7-10H2,1H3. The Bertz CT molecular complexity index is 277. The van der Waals surface area contributed by atoms with E-state index in [0.29, 0.717) is 0 Å². The van der Waals surface area contributed by atoms with Crippen LogP contribution in [-0.4, -0.2) is 47.7 Å². The molecule has 2 heterocycles. The largest absolute Gasteiger partial charge is 0.336 e. The number of hydrogen-bond donors (Lipinski definition) is 1. The maximum absolute atomic E-state index is 4.05. The molecule has 1 unspecified atom stereocenters. The van der Waals surface area contributed by atoms with Crippen LogP contribution in [0.2, 0.25) is 0 Å². The molecule has 0 aliphatic carbocycles. The molecule has 0 radical (unpaired) electrons. The Hall–Kier alpha value is -0.870.